The summed E-state index contributed by atoms with van der Waals surface area (Å²) in [6.07, 6.45) is 30.5. The van der Waals surface area contributed by atoms with Crippen LogP contribution in [0.3, 0.4) is 0 Å². The van der Waals surface area contributed by atoms with E-state index < -0.39 is 12.1 Å². The van der Waals surface area contributed by atoms with Crippen LogP contribution in [0.4, 0.5) is 4.39 Å². The van der Waals surface area contributed by atoms with E-state index in [0.29, 0.717) is 0 Å². The predicted molar refractivity (Wildman–Crippen MR) is 155 cm³/mol. The minimum absolute atomic E-state index is 0.113. The summed E-state index contributed by atoms with van der Waals surface area (Å²) in [5.74, 6) is -0.503. The molecular formula is C34H59FO2. The number of hydrogen-bond acceptors (Lipinski definition) is 1. The maximum atomic E-state index is 16.7. The molecule has 0 aromatic heterocycles. The lowest BCUT2D eigenvalue weighted by atomic mass is 9.72. The van der Waals surface area contributed by atoms with Gasteiger partial charge < -0.3 is 5.11 Å². The summed E-state index contributed by atoms with van der Waals surface area (Å²) in [7, 11) is 0. The Hall–Kier alpha value is -0.860. The van der Waals surface area contributed by atoms with Crippen molar-refractivity contribution in [2.24, 2.45) is 17.8 Å². The Labute approximate surface area is 228 Å². The van der Waals surface area contributed by atoms with Crippen LogP contribution in [0.5, 0.6) is 0 Å². The first-order valence-corrected chi connectivity index (χ1v) is 16.8. The van der Waals surface area contributed by atoms with Gasteiger partial charge in [-0.2, -0.15) is 0 Å². The maximum Gasteiger partial charge on any atom is 0.334 e. The SMILES string of the molecule is O=C(O)C(=C(C1CCCCCCCCC1)C1CCCCCCCCC1)C(F)C1CCCCCCCCC1. The third-order valence-corrected chi connectivity index (χ3v) is 9.97. The van der Waals surface area contributed by atoms with Crippen LogP contribution < -0.4 is 0 Å². The summed E-state index contributed by atoms with van der Waals surface area (Å²) in [4.78, 5) is 13.0. The second kappa shape index (κ2) is 18.4. The quantitative estimate of drug-likeness (QED) is 0.367. The van der Waals surface area contributed by atoms with Crippen LogP contribution in [-0.2, 0) is 4.79 Å². The molecule has 0 aromatic rings. The first-order valence-electron chi connectivity index (χ1n) is 16.8. The number of rotatable bonds is 5. The van der Waals surface area contributed by atoms with Gasteiger partial charge in [0.2, 0.25) is 0 Å². The van der Waals surface area contributed by atoms with Crippen LogP contribution in [0.1, 0.15) is 173 Å². The van der Waals surface area contributed by atoms with Crippen LogP contribution in [0, 0.1) is 17.8 Å². The Morgan fingerprint density at radius 2 is 0.757 bits per heavy atom. The molecular weight excluding hydrogens is 459 g/mol. The van der Waals surface area contributed by atoms with Gasteiger partial charge in [0.25, 0.3) is 0 Å². The Bertz CT molecular complexity index is 598. The highest BCUT2D eigenvalue weighted by molar-refractivity contribution is 5.89. The molecule has 2 nitrogen and oxygen atoms in total. The van der Waals surface area contributed by atoms with Crippen LogP contribution >= 0.6 is 0 Å². The van der Waals surface area contributed by atoms with Gasteiger partial charge in [0.05, 0.1) is 5.57 Å². The molecule has 1 atom stereocenters. The number of carbonyl (C=O) groups is 1. The molecule has 0 bridgehead atoms. The molecule has 0 saturated heterocycles. The van der Waals surface area contributed by atoms with E-state index in [0.717, 1.165) is 56.9 Å². The van der Waals surface area contributed by atoms with Crippen molar-refractivity contribution >= 4 is 5.97 Å². The van der Waals surface area contributed by atoms with Crippen molar-refractivity contribution < 1.29 is 14.3 Å². The molecule has 0 amide bonds. The molecule has 0 aromatic carbocycles. The summed E-state index contributed by atoms with van der Waals surface area (Å²) in [6, 6.07) is 0. The average molecular weight is 519 g/mol. The first kappa shape index (κ1) is 30.7. The number of carboxylic acid groups (broad SMARTS) is 1. The van der Waals surface area contributed by atoms with E-state index in [4.69, 9.17) is 0 Å². The van der Waals surface area contributed by atoms with Crippen molar-refractivity contribution in [2.45, 2.75) is 180 Å². The van der Waals surface area contributed by atoms with Crippen molar-refractivity contribution in [1.29, 1.82) is 0 Å². The zero-order valence-corrected chi connectivity index (χ0v) is 24.1. The van der Waals surface area contributed by atoms with Gasteiger partial charge in [0.1, 0.15) is 6.17 Å². The third kappa shape index (κ3) is 11.0. The summed E-state index contributed by atoms with van der Waals surface area (Å²) in [5, 5.41) is 10.7. The van der Waals surface area contributed by atoms with Crippen LogP contribution in [0.2, 0.25) is 0 Å². The fourth-order valence-corrected chi connectivity index (χ4v) is 7.78. The largest absolute Gasteiger partial charge is 0.478 e. The fourth-order valence-electron chi connectivity index (χ4n) is 7.78. The van der Waals surface area contributed by atoms with Crippen LogP contribution in [0.15, 0.2) is 11.1 Å². The van der Waals surface area contributed by atoms with Gasteiger partial charge >= 0.3 is 5.97 Å². The lowest BCUT2D eigenvalue weighted by molar-refractivity contribution is -0.133. The van der Waals surface area contributed by atoms with Crippen molar-refractivity contribution in [1.82, 2.24) is 0 Å². The molecule has 0 radical (unpaired) electrons. The minimum Gasteiger partial charge on any atom is -0.478 e. The summed E-state index contributed by atoms with van der Waals surface area (Å²) in [6.45, 7) is 0. The summed E-state index contributed by atoms with van der Waals surface area (Å²) >= 11 is 0. The molecule has 3 aliphatic rings. The number of halogens is 1. The number of aliphatic carboxylic acids is 1. The first-order chi connectivity index (χ1) is 18.2. The van der Waals surface area contributed by atoms with E-state index in [1.165, 1.54) is 122 Å². The molecule has 3 aliphatic carbocycles. The van der Waals surface area contributed by atoms with E-state index in [-0.39, 0.29) is 23.3 Å². The van der Waals surface area contributed by atoms with E-state index in [9.17, 15) is 9.90 Å². The molecule has 1 unspecified atom stereocenters. The molecule has 214 valence electrons. The highest BCUT2D eigenvalue weighted by Gasteiger charge is 2.36. The maximum absolute atomic E-state index is 16.7. The van der Waals surface area contributed by atoms with Gasteiger partial charge in [-0.3, -0.25) is 0 Å². The third-order valence-electron chi connectivity index (χ3n) is 9.97. The molecule has 3 saturated carbocycles. The summed E-state index contributed by atoms with van der Waals surface area (Å²) < 4.78 is 16.7. The Morgan fingerprint density at radius 3 is 1.05 bits per heavy atom. The van der Waals surface area contributed by atoms with Crippen molar-refractivity contribution in [3.63, 3.8) is 0 Å². The second-order valence-corrected chi connectivity index (χ2v) is 12.9. The van der Waals surface area contributed by atoms with E-state index >= 15 is 4.39 Å². The zero-order valence-electron chi connectivity index (χ0n) is 24.1. The number of allylic oxidation sites excluding steroid dienone is 1. The van der Waals surface area contributed by atoms with Gasteiger partial charge in [0.15, 0.2) is 0 Å². The highest BCUT2D eigenvalue weighted by Crippen LogP contribution is 2.42. The zero-order chi connectivity index (χ0) is 26.1. The lowest BCUT2D eigenvalue weighted by Crippen LogP contribution is -2.29. The lowest BCUT2D eigenvalue weighted by Gasteiger charge is -2.33. The Morgan fingerprint density at radius 1 is 0.486 bits per heavy atom. The van der Waals surface area contributed by atoms with Crippen molar-refractivity contribution in [3.8, 4) is 0 Å². The monoisotopic (exact) mass is 518 g/mol. The van der Waals surface area contributed by atoms with E-state index in [1.807, 2.05) is 0 Å². The van der Waals surface area contributed by atoms with Gasteiger partial charge in [-0.1, -0.05) is 140 Å². The molecule has 0 aliphatic heterocycles. The van der Waals surface area contributed by atoms with E-state index in [2.05, 4.69) is 0 Å². The number of carboxylic acids is 1. The standard InChI is InChI=1S/C34H59FO2/c35-33(30-26-20-14-8-3-9-15-21-27-30)32(34(36)37)31(28-22-16-10-4-1-5-11-17-23-28)29-24-18-12-6-2-7-13-19-25-29/h28-30,33H,1-27H2,(H,36,37). The molecule has 3 heteroatoms. The smallest absolute Gasteiger partial charge is 0.334 e. The van der Waals surface area contributed by atoms with Crippen molar-refractivity contribution in [3.05, 3.63) is 11.1 Å². The predicted octanol–water partition coefficient (Wildman–Crippen LogP) is 11.1. The van der Waals surface area contributed by atoms with Crippen molar-refractivity contribution in [2.75, 3.05) is 0 Å². The second-order valence-electron chi connectivity index (χ2n) is 12.9. The van der Waals surface area contributed by atoms with Gasteiger partial charge in [-0.15, -0.1) is 0 Å². The molecule has 3 fully saturated rings. The Balaban J connectivity index is 1.96. The molecule has 0 heterocycles. The number of alkyl halides is 1. The van der Waals surface area contributed by atoms with Crippen LogP contribution in [-0.4, -0.2) is 17.2 Å². The number of hydrogen-bond donors (Lipinski definition) is 1. The normalized spacial score (nSPS) is 25.0. The highest BCUT2D eigenvalue weighted by atomic mass is 19.1. The molecule has 1 N–H and O–H groups in total. The van der Waals surface area contributed by atoms with Gasteiger partial charge in [0, 0.05) is 0 Å². The van der Waals surface area contributed by atoms with E-state index in [1.54, 1.807) is 0 Å². The topological polar surface area (TPSA) is 37.3 Å². The molecule has 37 heavy (non-hydrogen) atoms. The fraction of sp³-hybridized carbons (Fsp3) is 0.912. The van der Waals surface area contributed by atoms with Gasteiger partial charge in [-0.05, 0) is 56.3 Å². The molecule has 3 rings (SSSR count). The average Bonchev–Trinajstić information content (AvgIpc) is 2.91. The van der Waals surface area contributed by atoms with Crippen LogP contribution in [0.25, 0.3) is 0 Å². The molecule has 0 spiro atoms. The summed E-state index contributed by atoms with van der Waals surface area (Å²) in [5.41, 5.74) is 1.34. The Kier molecular flexibility index (Phi) is 15.3. The van der Waals surface area contributed by atoms with Gasteiger partial charge in [-0.25, -0.2) is 9.18 Å². The minimum atomic E-state index is -1.29.